The summed E-state index contributed by atoms with van der Waals surface area (Å²) in [6.07, 6.45) is -2.52. The number of hydrogen-bond acceptors (Lipinski definition) is 8. The second kappa shape index (κ2) is 13.1. The smallest absolute Gasteiger partial charge is 0.421 e. The Kier molecular flexibility index (Phi) is 11.7. The Labute approximate surface area is 159 Å². The molecule has 0 aromatic rings. The first-order valence-electron chi connectivity index (χ1n) is 7.73. The second-order valence-corrected chi connectivity index (χ2v) is 6.51. The standard InChI is InChI=1S/C12H20N6O9S/c13-17-14-5-8-27-12(24)16-28(25,26)15-4-1-9(19)18(6-2-10(20)21)7-3-11(22)23/h15H,1-8H2,(H,16,24)(H,20,21)(H,22,23). The van der Waals surface area contributed by atoms with Crippen LogP contribution < -0.4 is 9.44 Å². The summed E-state index contributed by atoms with van der Waals surface area (Å²) in [6, 6.07) is 0. The third-order valence-electron chi connectivity index (χ3n) is 2.88. The first-order valence-corrected chi connectivity index (χ1v) is 9.22. The molecule has 0 bridgehead atoms. The first kappa shape index (κ1) is 24.9. The van der Waals surface area contributed by atoms with Gasteiger partial charge in [0, 0.05) is 31.0 Å². The van der Waals surface area contributed by atoms with Crippen molar-refractivity contribution in [1.29, 1.82) is 0 Å². The van der Waals surface area contributed by atoms with Gasteiger partial charge in [-0.2, -0.15) is 13.1 Å². The number of hydrogen-bond donors (Lipinski definition) is 4. The Bertz CT molecular complexity index is 701. The minimum absolute atomic E-state index is 0.186. The highest BCUT2D eigenvalue weighted by Crippen LogP contribution is 2.00. The van der Waals surface area contributed by atoms with E-state index in [0.717, 1.165) is 4.90 Å². The summed E-state index contributed by atoms with van der Waals surface area (Å²) in [5.41, 5.74) is 8.03. The van der Waals surface area contributed by atoms with E-state index in [-0.39, 0.29) is 26.2 Å². The van der Waals surface area contributed by atoms with Gasteiger partial charge < -0.3 is 19.8 Å². The summed E-state index contributed by atoms with van der Waals surface area (Å²) < 4.78 is 31.1. The molecule has 158 valence electrons. The van der Waals surface area contributed by atoms with Gasteiger partial charge in [-0.05, 0) is 5.53 Å². The van der Waals surface area contributed by atoms with Gasteiger partial charge in [0.15, 0.2) is 0 Å². The Morgan fingerprint density at radius 1 is 1.07 bits per heavy atom. The van der Waals surface area contributed by atoms with Crippen LogP contribution in [0.3, 0.4) is 0 Å². The Hall–Kier alpha value is -3.10. The number of carbonyl (C=O) groups excluding carboxylic acids is 2. The molecule has 0 saturated heterocycles. The number of nitrogens with one attached hydrogen (secondary N) is 2. The van der Waals surface area contributed by atoms with Crippen molar-refractivity contribution < 1.29 is 42.5 Å². The molecule has 0 spiro atoms. The molecule has 0 saturated carbocycles. The van der Waals surface area contributed by atoms with Crippen molar-refractivity contribution in [3.63, 3.8) is 0 Å². The van der Waals surface area contributed by atoms with Crippen molar-refractivity contribution in [1.82, 2.24) is 14.3 Å². The molecule has 0 aromatic carbocycles. The number of azide groups is 1. The highest BCUT2D eigenvalue weighted by atomic mass is 32.2. The number of ether oxygens (including phenoxy) is 1. The van der Waals surface area contributed by atoms with Crippen molar-refractivity contribution in [3.05, 3.63) is 10.4 Å². The van der Waals surface area contributed by atoms with Gasteiger partial charge in [0.2, 0.25) is 5.91 Å². The summed E-state index contributed by atoms with van der Waals surface area (Å²) >= 11 is 0. The van der Waals surface area contributed by atoms with Crippen molar-refractivity contribution in [2.75, 3.05) is 32.8 Å². The van der Waals surface area contributed by atoms with E-state index >= 15 is 0 Å². The average Bonchev–Trinajstić information content (AvgIpc) is 2.57. The lowest BCUT2D eigenvalue weighted by molar-refractivity contribution is -0.139. The molecular weight excluding hydrogens is 404 g/mol. The van der Waals surface area contributed by atoms with Crippen LogP contribution in [0.5, 0.6) is 0 Å². The fourth-order valence-corrected chi connectivity index (χ4v) is 2.39. The van der Waals surface area contributed by atoms with Crippen molar-refractivity contribution in [2.24, 2.45) is 5.11 Å². The van der Waals surface area contributed by atoms with Crippen LogP contribution in [-0.4, -0.2) is 80.3 Å². The largest absolute Gasteiger partial charge is 0.481 e. The monoisotopic (exact) mass is 424 g/mol. The molecule has 0 aliphatic carbocycles. The molecule has 0 unspecified atom stereocenters. The number of rotatable bonds is 14. The van der Waals surface area contributed by atoms with Gasteiger partial charge in [-0.25, -0.2) is 9.52 Å². The maximum Gasteiger partial charge on any atom is 0.421 e. The Balaban J connectivity index is 4.46. The quantitative estimate of drug-likeness (QED) is 0.116. The second-order valence-electron chi connectivity index (χ2n) is 5.01. The van der Waals surface area contributed by atoms with Crippen LogP contribution in [0.2, 0.25) is 0 Å². The van der Waals surface area contributed by atoms with Gasteiger partial charge in [0.25, 0.3) is 0 Å². The predicted octanol–water partition coefficient (Wildman–Crippen LogP) is -0.975. The van der Waals surface area contributed by atoms with Crippen LogP contribution in [0.15, 0.2) is 5.11 Å². The molecule has 28 heavy (non-hydrogen) atoms. The molecule has 0 fully saturated rings. The summed E-state index contributed by atoms with van der Waals surface area (Å²) in [4.78, 5) is 47.9. The third kappa shape index (κ3) is 13.2. The molecule has 0 aromatic heterocycles. The topological polar surface area (TPSA) is 228 Å². The van der Waals surface area contributed by atoms with E-state index in [2.05, 4.69) is 14.8 Å². The molecule has 0 aliphatic rings. The van der Waals surface area contributed by atoms with Crippen LogP contribution in [0.25, 0.3) is 10.4 Å². The zero-order chi connectivity index (χ0) is 21.6. The van der Waals surface area contributed by atoms with Crippen molar-refractivity contribution in [2.45, 2.75) is 19.3 Å². The summed E-state index contributed by atoms with van der Waals surface area (Å²) in [6.45, 7) is -1.43. The van der Waals surface area contributed by atoms with E-state index in [1.807, 2.05) is 4.72 Å². The van der Waals surface area contributed by atoms with Crippen molar-refractivity contribution in [3.8, 4) is 0 Å². The molecule has 0 atom stereocenters. The molecule has 0 rings (SSSR count). The van der Waals surface area contributed by atoms with Gasteiger partial charge >= 0.3 is 28.2 Å². The maximum absolute atomic E-state index is 12.0. The SMILES string of the molecule is [N-]=[N+]=NCCOC(=O)NS(=O)(=O)NCCC(=O)N(CCC(=O)O)CCC(=O)O. The number of carboxylic acids is 2. The van der Waals surface area contributed by atoms with Gasteiger partial charge in [-0.1, -0.05) is 5.11 Å². The van der Waals surface area contributed by atoms with Gasteiger partial charge in [-0.3, -0.25) is 14.4 Å². The number of aliphatic carboxylic acids is 2. The molecule has 16 heteroatoms. The molecule has 0 aliphatic heterocycles. The van der Waals surface area contributed by atoms with E-state index in [0.29, 0.717) is 0 Å². The van der Waals surface area contributed by atoms with Crippen LogP contribution in [0, 0.1) is 0 Å². The van der Waals surface area contributed by atoms with E-state index in [4.69, 9.17) is 15.7 Å². The van der Waals surface area contributed by atoms with Crippen molar-refractivity contribution >= 4 is 34.1 Å². The van der Waals surface area contributed by atoms with Gasteiger partial charge in [-0.15, -0.1) is 0 Å². The van der Waals surface area contributed by atoms with E-state index in [1.165, 1.54) is 4.72 Å². The number of amides is 2. The lowest BCUT2D eigenvalue weighted by Crippen LogP contribution is -2.42. The lowest BCUT2D eigenvalue weighted by atomic mass is 10.3. The summed E-state index contributed by atoms with van der Waals surface area (Å²) in [5, 5.41) is 20.4. The summed E-state index contributed by atoms with van der Waals surface area (Å²) in [7, 11) is -4.33. The molecule has 15 nitrogen and oxygen atoms in total. The number of carboxylic acid groups (broad SMARTS) is 2. The normalized spacial score (nSPS) is 10.4. The van der Waals surface area contributed by atoms with Crippen LogP contribution in [-0.2, 0) is 29.3 Å². The minimum atomic E-state index is -4.33. The van der Waals surface area contributed by atoms with Gasteiger partial charge in [0.1, 0.15) is 0 Å². The maximum atomic E-state index is 12.0. The third-order valence-corrected chi connectivity index (χ3v) is 3.90. The first-order chi connectivity index (χ1) is 13.1. The minimum Gasteiger partial charge on any atom is -0.481 e. The zero-order valence-corrected chi connectivity index (χ0v) is 15.4. The van der Waals surface area contributed by atoms with E-state index in [1.54, 1.807) is 0 Å². The van der Waals surface area contributed by atoms with Crippen LogP contribution >= 0.6 is 0 Å². The molecular formula is C12H20N6O9S. The average molecular weight is 424 g/mol. The molecule has 0 radical (unpaired) electrons. The molecule has 2 amide bonds. The number of nitrogens with zero attached hydrogens (tertiary/aromatic N) is 4. The predicted molar refractivity (Wildman–Crippen MR) is 91.1 cm³/mol. The van der Waals surface area contributed by atoms with E-state index in [9.17, 15) is 27.6 Å². The number of carbonyl (C=O) groups is 4. The fraction of sp³-hybridized carbons (Fsp3) is 0.667. The Morgan fingerprint density at radius 3 is 2.14 bits per heavy atom. The highest BCUT2D eigenvalue weighted by molar-refractivity contribution is 7.88. The highest BCUT2D eigenvalue weighted by Gasteiger charge is 2.19. The van der Waals surface area contributed by atoms with Crippen LogP contribution in [0.1, 0.15) is 19.3 Å². The van der Waals surface area contributed by atoms with E-state index < -0.39 is 60.0 Å². The Morgan fingerprint density at radius 2 is 1.64 bits per heavy atom. The molecule has 4 N–H and O–H groups in total. The zero-order valence-electron chi connectivity index (χ0n) is 14.6. The fourth-order valence-electron chi connectivity index (χ4n) is 1.67. The summed E-state index contributed by atoms with van der Waals surface area (Å²) in [5.74, 6) is -3.03. The molecule has 0 heterocycles. The van der Waals surface area contributed by atoms with Crippen LogP contribution in [0.4, 0.5) is 4.79 Å². The lowest BCUT2D eigenvalue weighted by Gasteiger charge is -2.21. The van der Waals surface area contributed by atoms with Gasteiger partial charge in [0.05, 0.1) is 26.0 Å².